The molecular weight excluding hydrogens is 437 g/mol. The van der Waals surface area contributed by atoms with Crippen LogP contribution in [0.5, 0.6) is 5.75 Å². The number of rotatable bonds is 9. The van der Waals surface area contributed by atoms with E-state index in [1.165, 1.54) is 29.6 Å². The van der Waals surface area contributed by atoms with E-state index >= 15 is 0 Å². The Morgan fingerprint density at radius 1 is 1.07 bits per heavy atom. The number of benzene rings is 2. The van der Waals surface area contributed by atoms with Gasteiger partial charge >= 0.3 is 0 Å². The lowest BCUT2D eigenvalue weighted by Crippen LogP contribution is -2.30. The maximum absolute atomic E-state index is 12.7. The van der Waals surface area contributed by atoms with Crippen molar-refractivity contribution >= 4 is 50.5 Å². The van der Waals surface area contributed by atoms with Gasteiger partial charge in [-0.3, -0.25) is 4.79 Å². The van der Waals surface area contributed by atoms with E-state index in [0.717, 1.165) is 0 Å². The van der Waals surface area contributed by atoms with E-state index in [0.29, 0.717) is 34.6 Å². The first-order chi connectivity index (χ1) is 13.7. The molecule has 0 aliphatic carbocycles. The average Bonchev–Trinajstić information content (AvgIpc) is 2.69. The molecular formula is C19H23Cl2N3O4S. The number of methoxy groups -OCH3 is 1. The first kappa shape index (κ1) is 23.3. The number of hydrogen-bond acceptors (Lipinski definition) is 5. The van der Waals surface area contributed by atoms with Gasteiger partial charge in [0.25, 0.3) is 0 Å². The van der Waals surface area contributed by atoms with Crippen LogP contribution in [0.3, 0.4) is 0 Å². The predicted molar refractivity (Wildman–Crippen MR) is 117 cm³/mol. The lowest BCUT2D eigenvalue weighted by molar-refractivity contribution is -0.114. The normalized spacial score (nSPS) is 11.4. The van der Waals surface area contributed by atoms with Crippen molar-refractivity contribution in [1.82, 2.24) is 4.31 Å². The quantitative estimate of drug-likeness (QED) is 0.589. The molecule has 0 aromatic heterocycles. The lowest BCUT2D eigenvalue weighted by atomic mass is 10.3. The molecule has 158 valence electrons. The van der Waals surface area contributed by atoms with Crippen molar-refractivity contribution in [3.63, 3.8) is 0 Å². The Kier molecular flexibility index (Phi) is 8.15. The Balaban J connectivity index is 2.18. The summed E-state index contributed by atoms with van der Waals surface area (Å²) in [6, 6.07) is 9.28. The van der Waals surface area contributed by atoms with Crippen LogP contribution in [-0.2, 0) is 14.8 Å². The average molecular weight is 460 g/mol. The largest absolute Gasteiger partial charge is 0.495 e. The number of halogens is 2. The summed E-state index contributed by atoms with van der Waals surface area (Å²) in [5, 5.41) is 6.39. The van der Waals surface area contributed by atoms with Crippen LogP contribution in [-0.4, -0.2) is 45.4 Å². The zero-order valence-corrected chi connectivity index (χ0v) is 18.7. The Labute approximate surface area is 181 Å². The van der Waals surface area contributed by atoms with Crippen molar-refractivity contribution in [3.8, 4) is 5.75 Å². The second kappa shape index (κ2) is 10.2. The van der Waals surface area contributed by atoms with Crippen LogP contribution in [0.15, 0.2) is 41.3 Å². The summed E-state index contributed by atoms with van der Waals surface area (Å²) < 4.78 is 32.1. The minimum Gasteiger partial charge on any atom is -0.495 e. The number of amides is 1. The fourth-order valence-corrected chi connectivity index (χ4v) is 4.42. The van der Waals surface area contributed by atoms with Gasteiger partial charge in [-0.05, 0) is 36.4 Å². The van der Waals surface area contributed by atoms with E-state index in [1.54, 1.807) is 32.0 Å². The standard InChI is InChI=1S/C19H23Cl2N3O4S/c1-4-24(5-2)29(26,27)14-7-9-18(28-3)17(11-14)23-19(25)12-22-13-6-8-15(20)16(21)10-13/h6-11,22H,4-5,12H2,1-3H3,(H,23,25). The smallest absolute Gasteiger partial charge is 0.243 e. The summed E-state index contributed by atoms with van der Waals surface area (Å²) in [6.07, 6.45) is 0. The molecule has 0 bridgehead atoms. The van der Waals surface area contributed by atoms with Crippen LogP contribution in [0.2, 0.25) is 10.0 Å². The number of anilines is 2. The molecule has 0 spiro atoms. The third kappa shape index (κ3) is 5.76. The van der Waals surface area contributed by atoms with Gasteiger partial charge in [-0.2, -0.15) is 4.31 Å². The Bertz CT molecular complexity index is 979. The molecule has 0 aliphatic rings. The molecule has 2 aromatic carbocycles. The summed E-state index contributed by atoms with van der Waals surface area (Å²) in [5.41, 5.74) is 0.890. The molecule has 0 unspecified atom stereocenters. The van der Waals surface area contributed by atoms with E-state index in [2.05, 4.69) is 10.6 Å². The van der Waals surface area contributed by atoms with Gasteiger partial charge in [-0.15, -0.1) is 0 Å². The van der Waals surface area contributed by atoms with Crippen LogP contribution in [0.1, 0.15) is 13.8 Å². The second-order valence-corrected chi connectivity index (χ2v) is 8.73. The number of nitrogens with zero attached hydrogens (tertiary/aromatic N) is 1. The van der Waals surface area contributed by atoms with Crippen molar-refractivity contribution in [1.29, 1.82) is 0 Å². The van der Waals surface area contributed by atoms with Crippen molar-refractivity contribution in [3.05, 3.63) is 46.4 Å². The van der Waals surface area contributed by atoms with Gasteiger partial charge < -0.3 is 15.4 Å². The second-order valence-electron chi connectivity index (χ2n) is 5.98. The van der Waals surface area contributed by atoms with E-state index in [1.807, 2.05) is 0 Å². The maximum atomic E-state index is 12.7. The molecule has 2 aromatic rings. The minimum absolute atomic E-state index is 0.0614. The van der Waals surface area contributed by atoms with Crippen LogP contribution < -0.4 is 15.4 Å². The van der Waals surface area contributed by atoms with E-state index < -0.39 is 10.0 Å². The van der Waals surface area contributed by atoms with E-state index in [4.69, 9.17) is 27.9 Å². The lowest BCUT2D eigenvalue weighted by Gasteiger charge is -2.19. The molecule has 2 rings (SSSR count). The highest BCUT2D eigenvalue weighted by molar-refractivity contribution is 7.89. The highest BCUT2D eigenvalue weighted by Crippen LogP contribution is 2.29. The molecule has 0 aliphatic heterocycles. The van der Waals surface area contributed by atoms with Crippen molar-refractivity contribution in [2.24, 2.45) is 0 Å². The monoisotopic (exact) mass is 459 g/mol. The van der Waals surface area contributed by atoms with Crippen LogP contribution in [0.4, 0.5) is 11.4 Å². The van der Waals surface area contributed by atoms with Crippen LogP contribution in [0.25, 0.3) is 0 Å². The van der Waals surface area contributed by atoms with Gasteiger partial charge in [-0.1, -0.05) is 37.0 Å². The minimum atomic E-state index is -3.66. The summed E-state index contributed by atoms with van der Waals surface area (Å²) >= 11 is 11.8. The van der Waals surface area contributed by atoms with Gasteiger partial charge in [0.15, 0.2) is 0 Å². The summed E-state index contributed by atoms with van der Waals surface area (Å²) in [6.45, 7) is 4.16. The van der Waals surface area contributed by atoms with Crippen LogP contribution in [0, 0.1) is 0 Å². The molecule has 7 nitrogen and oxygen atoms in total. The van der Waals surface area contributed by atoms with E-state index in [-0.39, 0.29) is 23.0 Å². The zero-order valence-electron chi connectivity index (χ0n) is 16.3. The van der Waals surface area contributed by atoms with Crippen molar-refractivity contribution < 1.29 is 17.9 Å². The number of hydrogen-bond donors (Lipinski definition) is 2. The Hall–Kier alpha value is -2.00. The zero-order chi connectivity index (χ0) is 21.6. The first-order valence-electron chi connectivity index (χ1n) is 8.89. The molecule has 0 atom stereocenters. The van der Waals surface area contributed by atoms with E-state index in [9.17, 15) is 13.2 Å². The molecule has 0 heterocycles. The van der Waals surface area contributed by atoms with Gasteiger partial charge in [0, 0.05) is 18.8 Å². The summed E-state index contributed by atoms with van der Waals surface area (Å²) in [5.74, 6) is -0.0295. The van der Waals surface area contributed by atoms with Crippen molar-refractivity contribution in [2.75, 3.05) is 37.4 Å². The van der Waals surface area contributed by atoms with Crippen LogP contribution >= 0.6 is 23.2 Å². The summed E-state index contributed by atoms with van der Waals surface area (Å²) in [4.78, 5) is 12.4. The number of carbonyl (C=O) groups excluding carboxylic acids is 1. The first-order valence-corrected chi connectivity index (χ1v) is 11.1. The highest BCUT2D eigenvalue weighted by atomic mass is 35.5. The molecule has 0 saturated heterocycles. The predicted octanol–water partition coefficient (Wildman–Crippen LogP) is 4.08. The molecule has 10 heteroatoms. The molecule has 2 N–H and O–H groups in total. The molecule has 0 fully saturated rings. The van der Waals surface area contributed by atoms with Gasteiger partial charge in [0.1, 0.15) is 5.75 Å². The summed E-state index contributed by atoms with van der Waals surface area (Å²) in [7, 11) is -2.22. The number of carbonyl (C=O) groups is 1. The van der Waals surface area contributed by atoms with Gasteiger partial charge in [0.05, 0.1) is 34.3 Å². The Morgan fingerprint density at radius 3 is 2.34 bits per heavy atom. The molecule has 0 radical (unpaired) electrons. The third-order valence-corrected chi connectivity index (χ3v) is 6.95. The maximum Gasteiger partial charge on any atom is 0.243 e. The molecule has 0 saturated carbocycles. The van der Waals surface area contributed by atoms with Gasteiger partial charge in [0.2, 0.25) is 15.9 Å². The third-order valence-electron chi connectivity index (χ3n) is 4.16. The topological polar surface area (TPSA) is 87.7 Å². The Morgan fingerprint density at radius 2 is 1.76 bits per heavy atom. The molecule has 29 heavy (non-hydrogen) atoms. The fraction of sp³-hybridized carbons (Fsp3) is 0.316. The number of ether oxygens (including phenoxy) is 1. The fourth-order valence-electron chi connectivity index (χ4n) is 2.64. The van der Waals surface area contributed by atoms with Gasteiger partial charge in [-0.25, -0.2) is 8.42 Å². The van der Waals surface area contributed by atoms with Crippen molar-refractivity contribution in [2.45, 2.75) is 18.7 Å². The number of nitrogens with one attached hydrogen (secondary N) is 2. The highest BCUT2D eigenvalue weighted by Gasteiger charge is 2.23. The SMILES string of the molecule is CCN(CC)S(=O)(=O)c1ccc(OC)c(NC(=O)CNc2ccc(Cl)c(Cl)c2)c1. The number of sulfonamides is 1. The molecule has 1 amide bonds.